The summed E-state index contributed by atoms with van der Waals surface area (Å²) in [5, 5.41) is 9.15. The molecule has 0 aliphatic heterocycles. The van der Waals surface area contributed by atoms with E-state index in [0.29, 0.717) is 6.42 Å². The second-order valence-electron chi connectivity index (χ2n) is 4.56. The summed E-state index contributed by atoms with van der Waals surface area (Å²) >= 11 is 0. The zero-order valence-corrected chi connectivity index (χ0v) is 11.6. The zero-order chi connectivity index (χ0) is 14.6. The number of hydrogen-bond acceptors (Lipinski definition) is 3. The Morgan fingerprint density at radius 1 is 1.32 bits per heavy atom. The molecular weight excluding hydrogens is 250 g/mol. The first-order valence-corrected chi connectivity index (χ1v) is 6.05. The van der Waals surface area contributed by atoms with Crippen molar-refractivity contribution in [3.05, 3.63) is 29.3 Å². The fourth-order valence-corrected chi connectivity index (χ4v) is 2.17. The molecule has 0 saturated heterocycles. The average Bonchev–Trinajstić information content (AvgIpc) is 2.38. The molecule has 19 heavy (non-hydrogen) atoms. The van der Waals surface area contributed by atoms with Gasteiger partial charge in [0.15, 0.2) is 11.6 Å². The Morgan fingerprint density at radius 2 is 1.95 bits per heavy atom. The zero-order valence-electron chi connectivity index (χ0n) is 11.6. The quantitative estimate of drug-likeness (QED) is 0.823. The van der Waals surface area contributed by atoms with Gasteiger partial charge in [0, 0.05) is 11.6 Å². The minimum atomic E-state index is -0.626. The lowest BCUT2D eigenvalue weighted by Gasteiger charge is -2.28. The van der Waals surface area contributed by atoms with E-state index in [0.717, 1.165) is 12.1 Å². The van der Waals surface area contributed by atoms with Gasteiger partial charge in [0.05, 0.1) is 25.1 Å². The molecule has 0 saturated carbocycles. The van der Waals surface area contributed by atoms with Gasteiger partial charge >= 0.3 is 0 Å². The van der Waals surface area contributed by atoms with Crippen molar-refractivity contribution in [2.45, 2.75) is 19.4 Å². The van der Waals surface area contributed by atoms with E-state index in [2.05, 4.69) is 6.07 Å². The van der Waals surface area contributed by atoms with Crippen molar-refractivity contribution in [1.29, 1.82) is 5.26 Å². The van der Waals surface area contributed by atoms with Crippen LogP contribution < -0.4 is 4.74 Å². The van der Waals surface area contributed by atoms with Crippen molar-refractivity contribution in [3.63, 3.8) is 0 Å². The highest BCUT2D eigenvalue weighted by Crippen LogP contribution is 2.33. The Hall–Kier alpha value is -1.67. The molecular formula is C14H18F2N2O. The minimum absolute atomic E-state index is 0.135. The maximum absolute atomic E-state index is 14.1. The molecule has 0 radical (unpaired) electrons. The molecule has 0 aliphatic carbocycles. The normalized spacial score (nSPS) is 14.0. The fraction of sp³-hybridized carbons (Fsp3) is 0.500. The summed E-state index contributed by atoms with van der Waals surface area (Å²) < 4.78 is 32.6. The predicted molar refractivity (Wildman–Crippen MR) is 68.7 cm³/mol. The number of benzene rings is 1. The van der Waals surface area contributed by atoms with Crippen LogP contribution in [0.1, 0.15) is 24.9 Å². The third kappa shape index (κ3) is 3.21. The van der Waals surface area contributed by atoms with Crippen molar-refractivity contribution in [1.82, 2.24) is 4.90 Å². The van der Waals surface area contributed by atoms with E-state index >= 15 is 0 Å². The number of nitrogens with zero attached hydrogens (tertiary/aromatic N) is 2. The predicted octanol–water partition coefficient (Wildman–Crippen LogP) is 3.13. The summed E-state index contributed by atoms with van der Waals surface area (Å²) in [6, 6.07) is 3.78. The van der Waals surface area contributed by atoms with Crippen LogP contribution in [-0.4, -0.2) is 26.1 Å². The third-order valence-electron chi connectivity index (χ3n) is 3.13. The average molecular weight is 268 g/mol. The molecule has 1 aromatic rings. The molecule has 0 aliphatic rings. The molecule has 0 bridgehead atoms. The highest BCUT2D eigenvalue weighted by Gasteiger charge is 2.27. The number of halogens is 2. The number of ether oxygens (including phenoxy) is 1. The van der Waals surface area contributed by atoms with E-state index in [-0.39, 0.29) is 11.3 Å². The van der Waals surface area contributed by atoms with E-state index in [9.17, 15) is 8.78 Å². The SMILES string of the molecule is CCC(C#N)C(c1cc(F)c(OC)cc1F)N(C)C. The van der Waals surface area contributed by atoms with E-state index in [4.69, 9.17) is 10.00 Å². The van der Waals surface area contributed by atoms with Crippen molar-refractivity contribution >= 4 is 0 Å². The van der Waals surface area contributed by atoms with Crippen LogP contribution >= 0.6 is 0 Å². The Kier molecular flexibility index (Phi) is 5.25. The maximum atomic E-state index is 14.1. The number of methoxy groups -OCH3 is 1. The second kappa shape index (κ2) is 6.48. The number of hydrogen-bond donors (Lipinski definition) is 0. The van der Waals surface area contributed by atoms with Crippen molar-refractivity contribution in [3.8, 4) is 11.8 Å². The summed E-state index contributed by atoms with van der Waals surface area (Å²) in [7, 11) is 4.77. The van der Waals surface area contributed by atoms with Gasteiger partial charge in [0.2, 0.25) is 0 Å². The molecule has 0 heterocycles. The minimum Gasteiger partial charge on any atom is -0.494 e. The molecule has 1 aromatic carbocycles. The largest absolute Gasteiger partial charge is 0.494 e. The molecule has 0 spiro atoms. The molecule has 0 fully saturated rings. The summed E-state index contributed by atoms with van der Waals surface area (Å²) in [4.78, 5) is 1.72. The van der Waals surface area contributed by atoms with Crippen molar-refractivity contribution in [2.24, 2.45) is 5.92 Å². The van der Waals surface area contributed by atoms with Gasteiger partial charge in [-0.25, -0.2) is 8.78 Å². The van der Waals surface area contributed by atoms with E-state index in [1.54, 1.807) is 19.0 Å². The van der Waals surface area contributed by atoms with Crippen LogP contribution in [0.15, 0.2) is 12.1 Å². The molecule has 1 rings (SSSR count). The van der Waals surface area contributed by atoms with Gasteiger partial charge in [-0.05, 0) is 26.6 Å². The lowest BCUT2D eigenvalue weighted by molar-refractivity contribution is 0.234. The molecule has 0 N–H and O–H groups in total. The van der Waals surface area contributed by atoms with Gasteiger partial charge in [-0.15, -0.1) is 0 Å². The standard InChI is InChI=1S/C14H18F2N2O/c1-5-9(8-17)14(18(2)3)10-6-12(16)13(19-4)7-11(10)15/h6-7,9,14H,5H2,1-4H3. The topological polar surface area (TPSA) is 36.3 Å². The van der Waals surface area contributed by atoms with Gasteiger partial charge < -0.3 is 9.64 Å². The van der Waals surface area contributed by atoms with Crippen LogP contribution in [0.2, 0.25) is 0 Å². The van der Waals surface area contributed by atoms with Crippen molar-refractivity contribution in [2.75, 3.05) is 21.2 Å². The summed E-state index contributed by atoms with van der Waals surface area (Å²) in [5.74, 6) is -1.73. The molecule has 3 nitrogen and oxygen atoms in total. The molecule has 2 unspecified atom stereocenters. The van der Waals surface area contributed by atoms with Crippen LogP contribution in [-0.2, 0) is 0 Å². The van der Waals surface area contributed by atoms with E-state index in [1.165, 1.54) is 7.11 Å². The Bertz CT molecular complexity index is 483. The van der Waals surface area contributed by atoms with Gasteiger partial charge in [0.1, 0.15) is 5.82 Å². The Morgan fingerprint density at radius 3 is 2.37 bits per heavy atom. The van der Waals surface area contributed by atoms with Gasteiger partial charge in [0.25, 0.3) is 0 Å². The molecule has 0 aromatic heterocycles. The summed E-state index contributed by atoms with van der Waals surface area (Å²) in [5.41, 5.74) is 0.178. The monoisotopic (exact) mass is 268 g/mol. The lowest BCUT2D eigenvalue weighted by Crippen LogP contribution is -2.27. The second-order valence-corrected chi connectivity index (χ2v) is 4.56. The van der Waals surface area contributed by atoms with Gasteiger partial charge in [-0.2, -0.15) is 5.26 Å². The highest BCUT2D eigenvalue weighted by molar-refractivity contribution is 5.33. The van der Waals surface area contributed by atoms with Crippen LogP contribution in [0.3, 0.4) is 0 Å². The van der Waals surface area contributed by atoms with Gasteiger partial charge in [-0.3, -0.25) is 0 Å². The van der Waals surface area contributed by atoms with Crippen LogP contribution in [0.4, 0.5) is 8.78 Å². The Labute approximate surface area is 112 Å². The first-order valence-electron chi connectivity index (χ1n) is 6.05. The van der Waals surface area contributed by atoms with Crippen LogP contribution in [0.5, 0.6) is 5.75 Å². The first kappa shape index (κ1) is 15.4. The molecule has 0 amide bonds. The molecule has 5 heteroatoms. The number of rotatable bonds is 5. The van der Waals surface area contributed by atoms with Crippen LogP contribution in [0, 0.1) is 28.9 Å². The Balaban J connectivity index is 3.32. The molecule has 2 atom stereocenters. The number of nitriles is 1. The van der Waals surface area contributed by atoms with E-state index < -0.39 is 23.6 Å². The van der Waals surface area contributed by atoms with Gasteiger partial charge in [-0.1, -0.05) is 6.92 Å². The van der Waals surface area contributed by atoms with E-state index in [1.807, 2.05) is 6.92 Å². The first-order chi connectivity index (χ1) is 8.96. The van der Waals surface area contributed by atoms with Crippen molar-refractivity contribution < 1.29 is 13.5 Å². The highest BCUT2D eigenvalue weighted by atomic mass is 19.1. The maximum Gasteiger partial charge on any atom is 0.165 e. The summed E-state index contributed by atoms with van der Waals surface area (Å²) in [6.45, 7) is 1.85. The van der Waals surface area contributed by atoms with Crippen LogP contribution in [0.25, 0.3) is 0 Å². The molecule has 104 valence electrons. The smallest absolute Gasteiger partial charge is 0.165 e. The third-order valence-corrected chi connectivity index (χ3v) is 3.13. The summed E-state index contributed by atoms with van der Waals surface area (Å²) in [6.07, 6.45) is 0.562. The lowest BCUT2D eigenvalue weighted by atomic mass is 9.90. The fourth-order valence-electron chi connectivity index (χ4n) is 2.17.